The van der Waals surface area contributed by atoms with Crippen molar-refractivity contribution < 1.29 is 10.1 Å². The van der Waals surface area contributed by atoms with E-state index in [9.17, 15) is 4.79 Å². The van der Waals surface area contributed by atoms with E-state index in [2.05, 4.69) is 50.4 Å². The maximum absolute atomic E-state index is 12.7. The van der Waals surface area contributed by atoms with Crippen molar-refractivity contribution >= 4 is 17.2 Å². The van der Waals surface area contributed by atoms with Crippen LogP contribution in [0.3, 0.4) is 0 Å². The fourth-order valence-corrected chi connectivity index (χ4v) is 3.30. The first-order valence-electron chi connectivity index (χ1n) is 8.28. The lowest BCUT2D eigenvalue weighted by Crippen LogP contribution is -2.91. The van der Waals surface area contributed by atoms with Gasteiger partial charge in [-0.25, -0.2) is 0 Å². The summed E-state index contributed by atoms with van der Waals surface area (Å²) in [5.74, 6) is 0.209. The van der Waals surface area contributed by atoms with E-state index in [1.807, 2.05) is 23.1 Å². The Morgan fingerprint density at radius 1 is 1.17 bits per heavy atom. The van der Waals surface area contributed by atoms with Gasteiger partial charge in [0.2, 0.25) is 0 Å². The highest BCUT2D eigenvalue weighted by Gasteiger charge is 2.18. The van der Waals surface area contributed by atoms with Crippen LogP contribution >= 0.6 is 11.3 Å². The van der Waals surface area contributed by atoms with E-state index >= 15 is 0 Å². The third-order valence-corrected chi connectivity index (χ3v) is 5.04. The predicted molar refractivity (Wildman–Crippen MR) is 96.3 cm³/mol. The molecule has 124 valence electrons. The lowest BCUT2D eigenvalue weighted by molar-refractivity contribution is -0.676. The maximum Gasteiger partial charge on any atom is 0.278 e. The fraction of sp³-hybridized carbons (Fsp3) is 0.421. The number of nitrogens with zero attached hydrogens (tertiary/aromatic N) is 1. The van der Waals surface area contributed by atoms with Crippen molar-refractivity contribution in [1.29, 1.82) is 0 Å². The lowest BCUT2D eigenvalue weighted by Gasteiger charge is -2.22. The normalized spacial score (nSPS) is 12.1. The van der Waals surface area contributed by atoms with E-state index in [-0.39, 0.29) is 5.91 Å². The average Bonchev–Trinajstić information content (AvgIpc) is 2.97. The molecule has 1 aromatic carbocycles. The summed E-state index contributed by atoms with van der Waals surface area (Å²) in [6.07, 6.45) is 1.08. The molecule has 0 radical (unpaired) electrons. The van der Waals surface area contributed by atoms with E-state index in [1.165, 1.54) is 15.3 Å². The first kappa shape index (κ1) is 17.7. The third-order valence-electron chi connectivity index (χ3n) is 4.05. The molecule has 4 heteroatoms. The summed E-state index contributed by atoms with van der Waals surface area (Å²) in [7, 11) is 0. The molecule has 1 aromatic heterocycles. The van der Waals surface area contributed by atoms with Crippen LogP contribution in [0.1, 0.15) is 35.6 Å². The van der Waals surface area contributed by atoms with Crippen molar-refractivity contribution in [2.24, 2.45) is 0 Å². The summed E-state index contributed by atoms with van der Waals surface area (Å²) < 4.78 is 0. The Balaban J connectivity index is 2.05. The second-order valence-corrected chi connectivity index (χ2v) is 7.45. The van der Waals surface area contributed by atoms with E-state index in [0.29, 0.717) is 25.7 Å². The summed E-state index contributed by atoms with van der Waals surface area (Å²) in [4.78, 5) is 17.2. The molecule has 2 aromatic rings. The van der Waals surface area contributed by atoms with Crippen LogP contribution in [0.4, 0.5) is 0 Å². The third kappa shape index (κ3) is 5.81. The molecule has 1 heterocycles. The van der Waals surface area contributed by atoms with Crippen molar-refractivity contribution in [3.05, 3.63) is 57.8 Å². The zero-order valence-electron chi connectivity index (χ0n) is 14.3. The van der Waals surface area contributed by atoms with Crippen LogP contribution in [0.2, 0.25) is 0 Å². The summed E-state index contributed by atoms with van der Waals surface area (Å²) >= 11 is 1.77. The Morgan fingerprint density at radius 3 is 2.52 bits per heavy atom. The number of carbonyl (C=O) groups excluding carboxylic acids is 1. The van der Waals surface area contributed by atoms with Gasteiger partial charge in [-0.3, -0.25) is 4.79 Å². The number of aryl methyl sites for hydroxylation is 1. The Kier molecular flexibility index (Phi) is 6.81. The zero-order chi connectivity index (χ0) is 16.7. The van der Waals surface area contributed by atoms with Gasteiger partial charge in [0.15, 0.2) is 6.54 Å². The van der Waals surface area contributed by atoms with Crippen LogP contribution in [-0.2, 0) is 17.9 Å². The monoisotopic (exact) mass is 331 g/mol. The first-order chi connectivity index (χ1) is 11.1. The maximum atomic E-state index is 12.7. The predicted octanol–water partition coefficient (Wildman–Crippen LogP) is 2.95. The van der Waals surface area contributed by atoms with Gasteiger partial charge in [-0.15, -0.1) is 11.3 Å². The van der Waals surface area contributed by atoms with Gasteiger partial charge >= 0.3 is 0 Å². The summed E-state index contributed by atoms with van der Waals surface area (Å²) in [6.45, 7) is 8.31. The molecule has 2 rings (SSSR count). The number of hydrogen-bond acceptors (Lipinski definition) is 2. The van der Waals surface area contributed by atoms with Crippen molar-refractivity contribution in [3.63, 3.8) is 0 Å². The molecule has 0 saturated carbocycles. The fourth-order valence-electron chi connectivity index (χ4n) is 2.39. The van der Waals surface area contributed by atoms with Crippen LogP contribution in [0.5, 0.6) is 0 Å². The molecule has 0 spiro atoms. The highest BCUT2D eigenvalue weighted by molar-refractivity contribution is 7.11. The Hall–Kier alpha value is -1.65. The topological polar surface area (TPSA) is 36.9 Å². The van der Waals surface area contributed by atoms with Crippen LogP contribution < -0.4 is 5.32 Å². The number of quaternary nitrogens is 1. The van der Waals surface area contributed by atoms with Gasteiger partial charge < -0.3 is 10.2 Å². The number of carbonyl (C=O) groups is 1. The van der Waals surface area contributed by atoms with Crippen LogP contribution in [-0.4, -0.2) is 23.4 Å². The standard InChI is InChI=1S/C19H26N2OS/c1-4-15(2)20-12-19(22)21(13-17-8-6-5-7-9-17)14-18-11-10-16(3)23-18/h5-11,15,20H,4,12-14H2,1-3H3/p+1/t15-/m1/s1. The van der Waals surface area contributed by atoms with Crippen LogP contribution in [0.15, 0.2) is 42.5 Å². The SMILES string of the molecule is CC[C@@H](C)[NH2+]CC(=O)N(Cc1ccccc1)Cc1ccc(C)s1. The highest BCUT2D eigenvalue weighted by atomic mass is 32.1. The van der Waals surface area contributed by atoms with Crippen molar-refractivity contribution in [3.8, 4) is 0 Å². The molecule has 2 N–H and O–H groups in total. The Morgan fingerprint density at radius 2 is 1.91 bits per heavy atom. The van der Waals surface area contributed by atoms with Crippen LogP contribution in [0, 0.1) is 6.92 Å². The highest BCUT2D eigenvalue weighted by Crippen LogP contribution is 2.18. The van der Waals surface area contributed by atoms with Crippen molar-refractivity contribution in [2.75, 3.05) is 6.54 Å². The number of rotatable bonds is 8. The molecule has 0 aliphatic heterocycles. The number of benzene rings is 1. The zero-order valence-corrected chi connectivity index (χ0v) is 15.1. The minimum atomic E-state index is 0.209. The summed E-state index contributed by atoms with van der Waals surface area (Å²) in [6, 6.07) is 15.0. The Bertz CT molecular complexity index is 609. The minimum Gasteiger partial charge on any atom is -0.336 e. The molecule has 0 aliphatic carbocycles. The van der Waals surface area contributed by atoms with E-state index in [4.69, 9.17) is 0 Å². The van der Waals surface area contributed by atoms with Crippen molar-refractivity contribution in [1.82, 2.24) is 4.90 Å². The van der Waals surface area contributed by atoms with Gasteiger partial charge in [-0.05, 0) is 38.0 Å². The van der Waals surface area contributed by atoms with Gasteiger partial charge in [0.1, 0.15) is 0 Å². The molecule has 3 nitrogen and oxygen atoms in total. The number of hydrogen-bond donors (Lipinski definition) is 1. The molecule has 0 saturated heterocycles. The lowest BCUT2D eigenvalue weighted by atomic mass is 10.2. The molecule has 1 amide bonds. The quantitative estimate of drug-likeness (QED) is 0.793. The minimum absolute atomic E-state index is 0.209. The molecule has 0 unspecified atom stereocenters. The van der Waals surface area contributed by atoms with Gasteiger partial charge in [0, 0.05) is 16.3 Å². The molecular weight excluding hydrogens is 304 g/mol. The summed E-state index contributed by atoms with van der Waals surface area (Å²) in [5, 5.41) is 2.14. The molecule has 0 aliphatic rings. The largest absolute Gasteiger partial charge is 0.336 e. The molecule has 0 fully saturated rings. The summed E-state index contributed by atoms with van der Waals surface area (Å²) in [5.41, 5.74) is 1.18. The molecule has 0 bridgehead atoms. The van der Waals surface area contributed by atoms with E-state index in [1.54, 1.807) is 11.3 Å². The van der Waals surface area contributed by atoms with Crippen molar-refractivity contribution in [2.45, 2.75) is 46.3 Å². The van der Waals surface area contributed by atoms with Gasteiger partial charge in [-0.1, -0.05) is 37.3 Å². The van der Waals surface area contributed by atoms with Gasteiger partial charge in [-0.2, -0.15) is 0 Å². The molecular formula is C19H27N2OS+. The Labute approximate surface area is 143 Å². The smallest absolute Gasteiger partial charge is 0.278 e. The average molecular weight is 332 g/mol. The van der Waals surface area contributed by atoms with Gasteiger partial charge in [0.25, 0.3) is 5.91 Å². The number of thiophene rings is 1. The van der Waals surface area contributed by atoms with E-state index in [0.717, 1.165) is 6.42 Å². The van der Waals surface area contributed by atoms with Crippen LogP contribution in [0.25, 0.3) is 0 Å². The second kappa shape index (κ2) is 8.85. The second-order valence-electron chi connectivity index (χ2n) is 6.07. The van der Waals surface area contributed by atoms with Gasteiger partial charge in [0.05, 0.1) is 12.6 Å². The first-order valence-corrected chi connectivity index (χ1v) is 9.10. The number of nitrogens with two attached hydrogens (primary N) is 1. The van der Waals surface area contributed by atoms with E-state index < -0.39 is 0 Å². The molecule has 1 atom stereocenters. The number of amides is 1. The molecule has 23 heavy (non-hydrogen) atoms.